The summed E-state index contributed by atoms with van der Waals surface area (Å²) in [5.41, 5.74) is 2.32. The molecule has 0 aliphatic carbocycles. The highest BCUT2D eigenvalue weighted by molar-refractivity contribution is 14.2. The van der Waals surface area contributed by atoms with Crippen LogP contribution in [0.3, 0.4) is 0 Å². The summed E-state index contributed by atoms with van der Waals surface area (Å²) in [6.45, 7) is 2.59. The number of esters is 1. The van der Waals surface area contributed by atoms with E-state index in [2.05, 4.69) is 36.9 Å². The summed E-state index contributed by atoms with van der Waals surface area (Å²) in [4.78, 5) is 11.5. The Morgan fingerprint density at radius 2 is 2.25 bits per heavy atom. The molecular weight excluding hydrogens is 337 g/mol. The number of ether oxygens (including phenoxy) is 1. The minimum Gasteiger partial charge on any atom is -0.465 e. The number of para-hydroxylation sites is 1. The summed E-state index contributed by atoms with van der Waals surface area (Å²) in [6.07, 6.45) is 0. The van der Waals surface area contributed by atoms with Gasteiger partial charge in [0.05, 0.1) is 12.3 Å². The first-order valence-electron chi connectivity index (χ1n) is 4.99. The Hall–Kier alpha value is -0.560. The molecule has 2 rings (SSSR count). The van der Waals surface area contributed by atoms with Gasteiger partial charge in [-0.3, -0.25) is 4.79 Å². The molecular formula is C11H12INO2S. The van der Waals surface area contributed by atoms with Gasteiger partial charge in [0, 0.05) is 32.1 Å². The van der Waals surface area contributed by atoms with Crippen molar-refractivity contribution in [3.8, 4) is 0 Å². The van der Waals surface area contributed by atoms with Crippen molar-refractivity contribution in [3.63, 3.8) is 0 Å². The lowest BCUT2D eigenvalue weighted by molar-refractivity contribution is -0.141. The highest BCUT2D eigenvalue weighted by Crippen LogP contribution is 2.41. The quantitative estimate of drug-likeness (QED) is 0.478. The van der Waals surface area contributed by atoms with Gasteiger partial charge in [0.15, 0.2) is 0 Å². The number of rotatable bonds is 3. The van der Waals surface area contributed by atoms with Crippen molar-refractivity contribution >= 4 is 46.1 Å². The molecule has 1 aliphatic rings. The Kier molecular flexibility index (Phi) is 3.86. The first-order chi connectivity index (χ1) is 7.72. The number of benzene rings is 1. The molecule has 0 amide bonds. The highest BCUT2D eigenvalue weighted by atomic mass is 127. The molecule has 1 aromatic rings. The van der Waals surface area contributed by atoms with E-state index in [0.29, 0.717) is 13.2 Å². The van der Waals surface area contributed by atoms with Crippen LogP contribution in [-0.4, -0.2) is 24.5 Å². The summed E-state index contributed by atoms with van der Waals surface area (Å²) in [7, 11) is -0.0538. The zero-order chi connectivity index (χ0) is 11.5. The summed E-state index contributed by atoms with van der Waals surface area (Å²) >= 11 is 2.34. The second kappa shape index (κ2) is 5.18. The summed E-state index contributed by atoms with van der Waals surface area (Å²) < 4.78 is 7.05. The van der Waals surface area contributed by atoms with E-state index in [-0.39, 0.29) is 13.8 Å². The van der Waals surface area contributed by atoms with Crippen molar-refractivity contribution < 1.29 is 9.53 Å². The average Bonchev–Trinajstić information content (AvgIpc) is 2.56. The Bertz CT molecular complexity index is 447. The molecule has 86 valence electrons. The molecule has 3 nitrogen and oxygen atoms in total. The molecule has 0 radical (unpaired) electrons. The van der Waals surface area contributed by atoms with Gasteiger partial charge in [-0.05, 0) is 20.8 Å². The monoisotopic (exact) mass is 349 g/mol. The van der Waals surface area contributed by atoms with Crippen molar-refractivity contribution in [2.75, 3.05) is 17.5 Å². The minimum absolute atomic E-state index is 0.0538. The third-order valence-electron chi connectivity index (χ3n) is 2.22. The molecule has 1 unspecified atom stereocenters. The lowest BCUT2D eigenvalue weighted by atomic mass is 10.2. The van der Waals surface area contributed by atoms with Crippen molar-refractivity contribution in [2.45, 2.75) is 6.92 Å². The molecule has 0 aromatic heterocycles. The van der Waals surface area contributed by atoms with E-state index in [9.17, 15) is 4.79 Å². The Labute approximate surface area is 109 Å². The lowest BCUT2D eigenvalue weighted by Crippen LogP contribution is -2.24. The molecule has 1 heterocycles. The number of carbonyl (C=O) groups is 1. The van der Waals surface area contributed by atoms with E-state index in [0.717, 1.165) is 5.69 Å². The third kappa shape index (κ3) is 2.40. The van der Waals surface area contributed by atoms with Crippen LogP contribution in [0.15, 0.2) is 24.3 Å². The normalized spacial score (nSPS) is 17.9. The van der Waals surface area contributed by atoms with Crippen LogP contribution in [0.2, 0.25) is 0 Å². The Morgan fingerprint density at radius 3 is 3.00 bits per heavy atom. The molecule has 0 N–H and O–H groups in total. The van der Waals surface area contributed by atoms with Gasteiger partial charge in [0.1, 0.15) is 6.54 Å². The molecule has 0 fully saturated rings. The first kappa shape index (κ1) is 11.9. The molecule has 1 atom stereocenters. The fourth-order valence-corrected chi connectivity index (χ4v) is 4.54. The number of halogens is 1. The van der Waals surface area contributed by atoms with Crippen molar-refractivity contribution in [2.24, 2.45) is 0 Å². The average molecular weight is 349 g/mol. The van der Waals surface area contributed by atoms with Crippen LogP contribution in [0.5, 0.6) is 0 Å². The number of anilines is 1. The zero-order valence-electron chi connectivity index (χ0n) is 8.85. The highest BCUT2D eigenvalue weighted by Gasteiger charge is 2.21. The number of carbonyl (C=O) groups excluding carboxylic acids is 1. The van der Waals surface area contributed by atoms with Crippen LogP contribution in [0, 0.1) is 0 Å². The van der Waals surface area contributed by atoms with Crippen LogP contribution >= 0.6 is 29.0 Å². The van der Waals surface area contributed by atoms with Gasteiger partial charge in [0.2, 0.25) is 0 Å². The summed E-state index contributed by atoms with van der Waals surface area (Å²) in [5.74, 6) is -0.165. The van der Waals surface area contributed by atoms with Gasteiger partial charge in [0.25, 0.3) is 0 Å². The molecule has 1 aliphatic heterocycles. The maximum absolute atomic E-state index is 11.5. The topological polar surface area (TPSA) is 29.5 Å². The zero-order valence-corrected chi connectivity index (χ0v) is 11.8. The second-order valence-corrected chi connectivity index (χ2v) is 7.19. The standard InChI is InChI=1S/C11H12INO2S/c1-2-15-11(14)7-13-10-6-4-3-5-9(10)8-16(13)12/h3-6,8H,2,7H2,1H3. The number of hydrogen-bond donors (Lipinski definition) is 0. The molecule has 0 saturated carbocycles. The maximum atomic E-state index is 11.5. The van der Waals surface area contributed by atoms with Gasteiger partial charge in [-0.25, -0.2) is 0 Å². The van der Waals surface area contributed by atoms with Crippen LogP contribution < -0.4 is 4.31 Å². The van der Waals surface area contributed by atoms with E-state index >= 15 is 0 Å². The predicted molar refractivity (Wildman–Crippen MR) is 77.2 cm³/mol. The fraction of sp³-hybridized carbons (Fsp3) is 0.273. The minimum atomic E-state index is -0.165. The van der Waals surface area contributed by atoms with Gasteiger partial charge in [-0.15, -0.1) is 0 Å². The third-order valence-corrected chi connectivity index (χ3v) is 5.60. The first-order valence-corrected chi connectivity index (χ1v) is 8.77. The lowest BCUT2D eigenvalue weighted by Gasteiger charge is -2.19. The van der Waals surface area contributed by atoms with Crippen molar-refractivity contribution in [3.05, 3.63) is 29.8 Å². The van der Waals surface area contributed by atoms with E-state index < -0.39 is 0 Å². The molecule has 1 aromatic carbocycles. The number of fused-ring (bicyclic) bond motifs is 1. The van der Waals surface area contributed by atoms with Crippen LogP contribution in [0.1, 0.15) is 12.5 Å². The van der Waals surface area contributed by atoms with E-state index in [4.69, 9.17) is 4.74 Å². The van der Waals surface area contributed by atoms with E-state index in [1.807, 2.05) is 25.1 Å². The van der Waals surface area contributed by atoms with Crippen LogP contribution in [0.25, 0.3) is 0 Å². The summed E-state index contributed by atoms with van der Waals surface area (Å²) in [5, 5.41) is 2.18. The predicted octanol–water partition coefficient (Wildman–Crippen LogP) is 2.75. The number of hydrogen-bond acceptors (Lipinski definition) is 3. The van der Waals surface area contributed by atoms with Gasteiger partial charge in [-0.2, -0.15) is 0 Å². The largest absolute Gasteiger partial charge is 0.465 e. The smallest absolute Gasteiger partial charge is 0.326 e. The van der Waals surface area contributed by atoms with Crippen molar-refractivity contribution in [1.29, 1.82) is 0 Å². The van der Waals surface area contributed by atoms with E-state index in [1.54, 1.807) is 0 Å². The molecule has 0 saturated heterocycles. The Balaban J connectivity index is 2.17. The molecule has 5 heteroatoms. The maximum Gasteiger partial charge on any atom is 0.326 e. The molecule has 16 heavy (non-hydrogen) atoms. The van der Waals surface area contributed by atoms with Gasteiger partial charge in [-0.1, -0.05) is 18.2 Å². The SMILES string of the molecule is CCOC(=O)CN1c2ccccc2C=S1I. The second-order valence-electron chi connectivity index (χ2n) is 3.28. The number of nitrogens with zero attached hydrogens (tertiary/aromatic N) is 1. The summed E-state index contributed by atoms with van der Waals surface area (Å²) in [6, 6.07) is 8.11. The fourth-order valence-electron chi connectivity index (χ4n) is 1.55. The van der Waals surface area contributed by atoms with Crippen LogP contribution in [0.4, 0.5) is 5.69 Å². The van der Waals surface area contributed by atoms with Crippen molar-refractivity contribution in [1.82, 2.24) is 0 Å². The molecule has 0 bridgehead atoms. The molecule has 0 spiro atoms. The van der Waals surface area contributed by atoms with Gasteiger partial charge >= 0.3 is 5.97 Å². The van der Waals surface area contributed by atoms with Gasteiger partial charge < -0.3 is 9.04 Å². The van der Waals surface area contributed by atoms with Crippen LogP contribution in [-0.2, 0) is 9.53 Å². The van der Waals surface area contributed by atoms with E-state index in [1.165, 1.54) is 5.56 Å². The Morgan fingerprint density at radius 1 is 1.50 bits per heavy atom.